The molecule has 1 atom stereocenters. The van der Waals surface area contributed by atoms with E-state index in [0.717, 1.165) is 17.4 Å². The molecule has 0 aromatic heterocycles. The topological polar surface area (TPSA) is 21.3 Å². The van der Waals surface area contributed by atoms with Crippen LogP contribution in [-0.4, -0.2) is 14.2 Å². The third-order valence-electron chi connectivity index (χ3n) is 3.31. The molecule has 0 radical (unpaired) electrons. The lowest BCUT2D eigenvalue weighted by Gasteiger charge is -2.18. The fraction of sp³-hybridized carbons (Fsp3) is 0.250. The van der Waals surface area contributed by atoms with Gasteiger partial charge in [0.2, 0.25) is 0 Å². The maximum Gasteiger partial charge on any atom is 0.159 e. The Morgan fingerprint density at radius 1 is 1.10 bits per heavy atom. The van der Waals surface area contributed by atoms with Crippen LogP contribution in [0, 0.1) is 11.6 Å². The highest BCUT2D eigenvalue weighted by Gasteiger charge is 2.14. The molecule has 2 aromatic carbocycles. The summed E-state index contributed by atoms with van der Waals surface area (Å²) in [6, 6.07) is 11.5. The molecule has 0 amide bonds. The van der Waals surface area contributed by atoms with Crippen molar-refractivity contribution in [3.63, 3.8) is 0 Å². The van der Waals surface area contributed by atoms with Gasteiger partial charge in [0.25, 0.3) is 0 Å². The van der Waals surface area contributed by atoms with E-state index in [0.29, 0.717) is 12.0 Å². The highest BCUT2D eigenvalue weighted by Crippen LogP contribution is 2.25. The van der Waals surface area contributed by atoms with Gasteiger partial charge in [0.05, 0.1) is 7.11 Å². The molecule has 4 heteroatoms. The van der Waals surface area contributed by atoms with Crippen molar-refractivity contribution in [3.8, 4) is 5.75 Å². The van der Waals surface area contributed by atoms with Gasteiger partial charge < -0.3 is 10.1 Å². The Hall–Kier alpha value is -1.94. The first-order chi connectivity index (χ1) is 9.65. The van der Waals surface area contributed by atoms with Crippen molar-refractivity contribution >= 4 is 0 Å². The summed E-state index contributed by atoms with van der Waals surface area (Å²) in [7, 11) is 3.41. The van der Waals surface area contributed by atoms with Gasteiger partial charge in [-0.3, -0.25) is 0 Å². The highest BCUT2D eigenvalue weighted by molar-refractivity contribution is 5.35. The minimum Gasteiger partial charge on any atom is -0.496 e. The Morgan fingerprint density at radius 3 is 2.50 bits per heavy atom. The summed E-state index contributed by atoms with van der Waals surface area (Å²) >= 11 is 0. The number of rotatable bonds is 5. The van der Waals surface area contributed by atoms with E-state index in [9.17, 15) is 8.78 Å². The molecule has 2 aromatic rings. The first kappa shape index (κ1) is 14.5. The van der Waals surface area contributed by atoms with Crippen LogP contribution < -0.4 is 10.1 Å². The number of likely N-dealkylation sites (N-methyl/N-ethyl adjacent to an activating group) is 1. The largest absolute Gasteiger partial charge is 0.496 e. The minimum atomic E-state index is -0.833. The number of halogens is 2. The third kappa shape index (κ3) is 3.14. The standard InChI is InChI=1S/C16H17F2NO/c1-19-15(11-7-8-13(17)14(18)9-11)10-12-5-3-4-6-16(12)20-2/h3-9,15,19H,10H2,1-2H3. The monoisotopic (exact) mass is 277 g/mol. The normalized spacial score (nSPS) is 12.2. The summed E-state index contributed by atoms with van der Waals surface area (Å²) in [5.41, 5.74) is 1.72. The molecule has 1 unspecified atom stereocenters. The van der Waals surface area contributed by atoms with E-state index in [2.05, 4.69) is 5.32 Å². The SMILES string of the molecule is CNC(Cc1ccccc1OC)c1ccc(F)c(F)c1. The number of para-hydroxylation sites is 1. The summed E-state index contributed by atoms with van der Waals surface area (Å²) in [6.07, 6.45) is 0.631. The van der Waals surface area contributed by atoms with Crippen LogP contribution in [0.3, 0.4) is 0 Å². The molecule has 0 aliphatic carbocycles. The maximum atomic E-state index is 13.3. The fourth-order valence-electron chi connectivity index (χ4n) is 2.21. The molecule has 1 N–H and O–H groups in total. The zero-order valence-corrected chi connectivity index (χ0v) is 11.5. The molecule has 20 heavy (non-hydrogen) atoms. The van der Waals surface area contributed by atoms with Crippen molar-refractivity contribution in [3.05, 3.63) is 65.2 Å². The molecule has 2 nitrogen and oxygen atoms in total. The van der Waals surface area contributed by atoms with Crippen molar-refractivity contribution in [2.24, 2.45) is 0 Å². The molecule has 0 saturated heterocycles. The zero-order chi connectivity index (χ0) is 14.5. The van der Waals surface area contributed by atoms with Crippen molar-refractivity contribution in [1.82, 2.24) is 5.32 Å². The third-order valence-corrected chi connectivity index (χ3v) is 3.31. The predicted molar refractivity (Wildman–Crippen MR) is 74.9 cm³/mol. The highest BCUT2D eigenvalue weighted by atomic mass is 19.2. The minimum absolute atomic E-state index is 0.110. The van der Waals surface area contributed by atoms with E-state index in [1.165, 1.54) is 6.07 Å². The fourth-order valence-corrected chi connectivity index (χ4v) is 2.21. The van der Waals surface area contributed by atoms with Crippen LogP contribution in [0.25, 0.3) is 0 Å². The molecular weight excluding hydrogens is 260 g/mol. The Balaban J connectivity index is 2.26. The van der Waals surface area contributed by atoms with Gasteiger partial charge in [0.1, 0.15) is 5.75 Å². The summed E-state index contributed by atoms with van der Waals surface area (Å²) in [5, 5.41) is 3.12. The number of benzene rings is 2. The van der Waals surface area contributed by atoms with Gasteiger partial charge in [-0.05, 0) is 42.8 Å². The molecule has 0 bridgehead atoms. The lowest BCUT2D eigenvalue weighted by Crippen LogP contribution is -2.19. The molecule has 0 aliphatic rings. The van der Waals surface area contributed by atoms with Gasteiger partial charge >= 0.3 is 0 Å². The van der Waals surface area contributed by atoms with Crippen LogP contribution >= 0.6 is 0 Å². The van der Waals surface area contributed by atoms with Crippen molar-refractivity contribution in [1.29, 1.82) is 0 Å². The molecule has 0 aliphatic heterocycles. The smallest absolute Gasteiger partial charge is 0.159 e. The first-order valence-electron chi connectivity index (χ1n) is 6.39. The van der Waals surface area contributed by atoms with E-state index in [4.69, 9.17) is 4.74 Å². The van der Waals surface area contributed by atoms with E-state index >= 15 is 0 Å². The lowest BCUT2D eigenvalue weighted by atomic mass is 9.98. The molecule has 0 spiro atoms. The lowest BCUT2D eigenvalue weighted by molar-refractivity contribution is 0.406. The second-order valence-electron chi connectivity index (χ2n) is 4.53. The van der Waals surface area contributed by atoms with Crippen LogP contribution in [0.5, 0.6) is 5.75 Å². The molecule has 0 fully saturated rings. The van der Waals surface area contributed by atoms with Crippen LogP contribution in [0.4, 0.5) is 8.78 Å². The molecule has 106 valence electrons. The Morgan fingerprint density at radius 2 is 1.85 bits per heavy atom. The number of ether oxygens (including phenoxy) is 1. The zero-order valence-electron chi connectivity index (χ0n) is 11.5. The number of nitrogens with one attached hydrogen (secondary N) is 1. The molecule has 2 rings (SSSR count). The van der Waals surface area contributed by atoms with Crippen molar-refractivity contribution < 1.29 is 13.5 Å². The summed E-state index contributed by atoms with van der Waals surface area (Å²) in [5.74, 6) is -0.876. The van der Waals surface area contributed by atoms with Crippen LogP contribution in [0.2, 0.25) is 0 Å². The van der Waals surface area contributed by atoms with E-state index in [-0.39, 0.29) is 6.04 Å². The van der Waals surface area contributed by atoms with Gasteiger partial charge in [-0.15, -0.1) is 0 Å². The number of methoxy groups -OCH3 is 1. The van der Waals surface area contributed by atoms with Crippen LogP contribution in [0.15, 0.2) is 42.5 Å². The van der Waals surface area contributed by atoms with Gasteiger partial charge in [0.15, 0.2) is 11.6 Å². The average molecular weight is 277 g/mol. The summed E-state index contributed by atoms with van der Waals surface area (Å²) in [6.45, 7) is 0. The Kier molecular flexibility index (Phi) is 4.69. The van der Waals surface area contributed by atoms with Gasteiger partial charge in [-0.1, -0.05) is 24.3 Å². The summed E-state index contributed by atoms with van der Waals surface area (Å²) in [4.78, 5) is 0. The Labute approximate surface area is 117 Å². The quantitative estimate of drug-likeness (QED) is 0.903. The Bertz CT molecular complexity index is 586. The molecule has 0 heterocycles. The first-order valence-corrected chi connectivity index (χ1v) is 6.39. The molecular formula is C16H17F2NO. The van der Waals surface area contributed by atoms with Crippen LogP contribution in [0.1, 0.15) is 17.2 Å². The van der Waals surface area contributed by atoms with Crippen molar-refractivity contribution in [2.45, 2.75) is 12.5 Å². The second-order valence-corrected chi connectivity index (χ2v) is 4.53. The van der Waals surface area contributed by atoms with E-state index in [1.54, 1.807) is 20.2 Å². The number of hydrogen-bond donors (Lipinski definition) is 1. The van der Waals surface area contributed by atoms with Crippen molar-refractivity contribution in [2.75, 3.05) is 14.2 Å². The summed E-state index contributed by atoms with van der Waals surface area (Å²) < 4.78 is 31.6. The van der Waals surface area contributed by atoms with E-state index < -0.39 is 11.6 Å². The maximum absolute atomic E-state index is 13.3. The molecule has 0 saturated carbocycles. The van der Waals surface area contributed by atoms with Gasteiger partial charge in [-0.2, -0.15) is 0 Å². The predicted octanol–water partition coefficient (Wildman–Crippen LogP) is 3.48. The van der Waals surface area contributed by atoms with E-state index in [1.807, 2.05) is 24.3 Å². The van der Waals surface area contributed by atoms with Gasteiger partial charge in [-0.25, -0.2) is 8.78 Å². The average Bonchev–Trinajstić information content (AvgIpc) is 2.48. The van der Waals surface area contributed by atoms with Gasteiger partial charge in [0, 0.05) is 6.04 Å². The number of hydrogen-bond acceptors (Lipinski definition) is 2. The van der Waals surface area contributed by atoms with Crippen LogP contribution in [-0.2, 0) is 6.42 Å². The second kappa shape index (κ2) is 6.48.